The van der Waals surface area contributed by atoms with Crippen LogP contribution in [0.15, 0.2) is 0 Å². The van der Waals surface area contributed by atoms with E-state index in [0.29, 0.717) is 25.6 Å². The Hall–Kier alpha value is -0.170. The molecule has 3 heterocycles. The molecule has 1 spiro atoms. The summed E-state index contributed by atoms with van der Waals surface area (Å²) < 4.78 is 29.1. The Kier molecular flexibility index (Phi) is 4.10. The lowest BCUT2D eigenvalue weighted by Gasteiger charge is -2.36. The third-order valence-corrected chi connectivity index (χ3v) is 7.29. The van der Waals surface area contributed by atoms with Crippen LogP contribution in [0, 0.1) is 11.3 Å². The molecule has 0 saturated carbocycles. The van der Waals surface area contributed by atoms with Crippen molar-refractivity contribution in [1.29, 1.82) is 0 Å². The fourth-order valence-corrected chi connectivity index (χ4v) is 5.86. The number of rotatable bonds is 2. The largest absolute Gasteiger partial charge is 0.317 e. The monoisotopic (exact) mass is 301 g/mol. The Morgan fingerprint density at radius 1 is 1.10 bits per heavy atom. The summed E-state index contributed by atoms with van der Waals surface area (Å²) in [4.78, 5) is 0. The molecule has 0 aromatic carbocycles. The van der Waals surface area contributed by atoms with E-state index in [4.69, 9.17) is 0 Å². The molecular formula is C14H27N3O2S. The second-order valence-electron chi connectivity index (χ2n) is 6.95. The number of nitrogens with zero attached hydrogens (tertiary/aromatic N) is 2. The van der Waals surface area contributed by atoms with Crippen LogP contribution in [0.2, 0.25) is 0 Å². The van der Waals surface area contributed by atoms with Gasteiger partial charge in [-0.15, -0.1) is 0 Å². The summed E-state index contributed by atoms with van der Waals surface area (Å²) in [5.41, 5.74) is 0.250. The molecular weight excluding hydrogens is 274 g/mol. The second kappa shape index (κ2) is 5.55. The Morgan fingerprint density at radius 2 is 1.85 bits per heavy atom. The SMILES string of the molecule is CC1CCCN(S(=O)(=O)N2CCC3(CCNCC3)C2)C1. The van der Waals surface area contributed by atoms with Gasteiger partial charge in [-0.25, -0.2) is 0 Å². The Labute approximate surface area is 122 Å². The van der Waals surface area contributed by atoms with Crippen molar-refractivity contribution >= 4 is 10.2 Å². The van der Waals surface area contributed by atoms with Crippen molar-refractivity contribution in [3.8, 4) is 0 Å². The van der Waals surface area contributed by atoms with Gasteiger partial charge in [0.2, 0.25) is 0 Å². The van der Waals surface area contributed by atoms with Gasteiger partial charge in [0.05, 0.1) is 0 Å². The molecule has 0 aromatic rings. The minimum Gasteiger partial charge on any atom is -0.317 e. The summed E-state index contributed by atoms with van der Waals surface area (Å²) in [5.74, 6) is 0.494. The van der Waals surface area contributed by atoms with E-state index in [9.17, 15) is 8.42 Å². The number of piperidine rings is 2. The summed E-state index contributed by atoms with van der Waals surface area (Å²) in [5, 5.41) is 3.38. The highest BCUT2D eigenvalue weighted by molar-refractivity contribution is 7.86. The number of hydrogen-bond donors (Lipinski definition) is 1. The van der Waals surface area contributed by atoms with E-state index in [1.807, 2.05) is 0 Å². The predicted molar refractivity (Wildman–Crippen MR) is 79.6 cm³/mol. The topological polar surface area (TPSA) is 52.7 Å². The molecule has 20 heavy (non-hydrogen) atoms. The third-order valence-electron chi connectivity index (χ3n) is 5.34. The van der Waals surface area contributed by atoms with Crippen molar-refractivity contribution in [3.05, 3.63) is 0 Å². The molecule has 3 aliphatic rings. The Bertz CT molecular complexity index is 445. The van der Waals surface area contributed by atoms with Crippen LogP contribution in [0.3, 0.4) is 0 Å². The molecule has 0 aromatic heterocycles. The maximum atomic E-state index is 12.8. The first-order valence-corrected chi connectivity index (χ1v) is 9.38. The fraction of sp³-hybridized carbons (Fsp3) is 1.00. The van der Waals surface area contributed by atoms with E-state index in [1.165, 1.54) is 0 Å². The van der Waals surface area contributed by atoms with Crippen LogP contribution >= 0.6 is 0 Å². The van der Waals surface area contributed by atoms with Gasteiger partial charge in [-0.2, -0.15) is 17.0 Å². The highest BCUT2D eigenvalue weighted by atomic mass is 32.2. The van der Waals surface area contributed by atoms with Gasteiger partial charge in [0.1, 0.15) is 0 Å². The van der Waals surface area contributed by atoms with Gasteiger partial charge in [0.15, 0.2) is 0 Å². The van der Waals surface area contributed by atoms with Crippen LogP contribution in [0.1, 0.15) is 39.0 Å². The first-order valence-electron chi connectivity index (χ1n) is 7.98. The predicted octanol–water partition coefficient (Wildman–Crippen LogP) is 1.04. The van der Waals surface area contributed by atoms with Crippen LogP contribution < -0.4 is 5.32 Å². The lowest BCUT2D eigenvalue weighted by molar-refractivity contribution is 0.212. The lowest BCUT2D eigenvalue weighted by atomic mass is 9.78. The van der Waals surface area contributed by atoms with Gasteiger partial charge in [-0.1, -0.05) is 6.92 Å². The third kappa shape index (κ3) is 2.75. The molecule has 0 amide bonds. The van der Waals surface area contributed by atoms with Crippen LogP contribution in [-0.2, 0) is 10.2 Å². The highest BCUT2D eigenvalue weighted by Gasteiger charge is 2.44. The molecule has 3 aliphatic heterocycles. The fourth-order valence-electron chi connectivity index (χ4n) is 3.98. The molecule has 0 radical (unpaired) electrons. The van der Waals surface area contributed by atoms with Crippen molar-refractivity contribution in [1.82, 2.24) is 13.9 Å². The second-order valence-corrected chi connectivity index (χ2v) is 8.88. The molecule has 1 atom stereocenters. The molecule has 1 unspecified atom stereocenters. The van der Waals surface area contributed by atoms with Crippen molar-refractivity contribution in [2.24, 2.45) is 11.3 Å². The minimum atomic E-state index is -3.22. The summed E-state index contributed by atoms with van der Waals surface area (Å²) >= 11 is 0. The van der Waals surface area contributed by atoms with Gasteiger partial charge in [0, 0.05) is 26.2 Å². The molecule has 3 fully saturated rings. The van der Waals surface area contributed by atoms with E-state index in [0.717, 1.165) is 51.7 Å². The van der Waals surface area contributed by atoms with Gasteiger partial charge < -0.3 is 5.32 Å². The summed E-state index contributed by atoms with van der Waals surface area (Å²) in [7, 11) is -3.22. The smallest absolute Gasteiger partial charge is 0.282 e. The first-order chi connectivity index (χ1) is 9.52. The molecule has 6 heteroatoms. The molecule has 0 bridgehead atoms. The molecule has 3 rings (SSSR count). The number of hydrogen-bond acceptors (Lipinski definition) is 3. The molecule has 1 N–H and O–H groups in total. The molecule has 5 nitrogen and oxygen atoms in total. The minimum absolute atomic E-state index is 0.250. The van der Waals surface area contributed by atoms with Gasteiger partial charge in [0.25, 0.3) is 10.2 Å². The zero-order valence-electron chi connectivity index (χ0n) is 12.5. The normalized spacial score (nSPS) is 32.8. The zero-order valence-corrected chi connectivity index (χ0v) is 13.3. The standard InChI is InChI=1S/C14H27N3O2S/c1-13-3-2-9-16(11-13)20(18,19)17-10-6-14(12-17)4-7-15-8-5-14/h13,15H,2-12H2,1H3. The lowest BCUT2D eigenvalue weighted by Crippen LogP contribution is -2.48. The van der Waals surface area contributed by atoms with Crippen molar-refractivity contribution in [3.63, 3.8) is 0 Å². The first kappa shape index (κ1) is 14.8. The molecule has 116 valence electrons. The Morgan fingerprint density at radius 3 is 2.55 bits per heavy atom. The van der Waals surface area contributed by atoms with Crippen LogP contribution in [-0.4, -0.2) is 56.3 Å². The van der Waals surface area contributed by atoms with Crippen LogP contribution in [0.25, 0.3) is 0 Å². The molecule has 3 saturated heterocycles. The number of nitrogens with one attached hydrogen (secondary N) is 1. The summed E-state index contributed by atoms with van der Waals surface area (Å²) in [6.45, 7) is 7.09. The maximum absolute atomic E-state index is 12.8. The van der Waals surface area contributed by atoms with E-state index >= 15 is 0 Å². The van der Waals surface area contributed by atoms with E-state index < -0.39 is 10.2 Å². The maximum Gasteiger partial charge on any atom is 0.282 e. The van der Waals surface area contributed by atoms with Crippen molar-refractivity contribution in [2.45, 2.75) is 39.0 Å². The van der Waals surface area contributed by atoms with E-state index in [-0.39, 0.29) is 5.41 Å². The van der Waals surface area contributed by atoms with Gasteiger partial charge >= 0.3 is 0 Å². The quantitative estimate of drug-likeness (QED) is 0.829. The average molecular weight is 301 g/mol. The zero-order chi connectivity index (χ0) is 14.2. The summed E-state index contributed by atoms with van der Waals surface area (Å²) in [6.07, 6.45) is 5.44. The van der Waals surface area contributed by atoms with Crippen molar-refractivity contribution in [2.75, 3.05) is 39.3 Å². The van der Waals surface area contributed by atoms with Gasteiger partial charge in [-0.05, 0) is 56.5 Å². The van der Waals surface area contributed by atoms with Crippen LogP contribution in [0.4, 0.5) is 0 Å². The molecule has 0 aliphatic carbocycles. The average Bonchev–Trinajstić information content (AvgIpc) is 2.84. The van der Waals surface area contributed by atoms with Crippen LogP contribution in [0.5, 0.6) is 0 Å². The highest BCUT2D eigenvalue weighted by Crippen LogP contribution is 2.40. The van der Waals surface area contributed by atoms with Crippen molar-refractivity contribution < 1.29 is 8.42 Å². The van der Waals surface area contributed by atoms with E-state index in [2.05, 4.69) is 12.2 Å². The van der Waals surface area contributed by atoms with Gasteiger partial charge in [-0.3, -0.25) is 0 Å². The van der Waals surface area contributed by atoms with E-state index in [1.54, 1.807) is 8.61 Å². The summed E-state index contributed by atoms with van der Waals surface area (Å²) in [6, 6.07) is 0. The Balaban J connectivity index is 1.69.